The minimum Gasteiger partial charge on any atom is -0.309 e. The van der Waals surface area contributed by atoms with Crippen LogP contribution in [0.1, 0.15) is 0 Å². The number of anilines is 1. The van der Waals surface area contributed by atoms with Gasteiger partial charge in [0.05, 0.1) is 3.92 Å². The summed E-state index contributed by atoms with van der Waals surface area (Å²) in [5, 5.41) is 2.76. The highest BCUT2D eigenvalue weighted by molar-refractivity contribution is 14.1. The van der Waals surface area contributed by atoms with Gasteiger partial charge in [-0.2, -0.15) is 0 Å². The van der Waals surface area contributed by atoms with Crippen LogP contribution in [-0.4, -0.2) is 27.4 Å². The summed E-state index contributed by atoms with van der Waals surface area (Å²) >= 11 is 2.25. The Hall–Kier alpha value is -0.730. The molecule has 3 N–H and O–H groups in total. The van der Waals surface area contributed by atoms with Crippen LogP contribution < -0.4 is 16.2 Å². The highest BCUT2D eigenvalue weighted by Crippen LogP contribution is 2.11. The fraction of sp³-hybridized carbons (Fsp3) is 0.333. The van der Waals surface area contributed by atoms with Crippen molar-refractivity contribution in [3.05, 3.63) is 24.4 Å². The highest BCUT2D eigenvalue weighted by atomic mass is 127. The Balaban J connectivity index is 1.98. The van der Waals surface area contributed by atoms with Gasteiger partial charge in [-0.05, 0) is 12.1 Å². The summed E-state index contributed by atoms with van der Waals surface area (Å²) in [5.74, 6) is 0.526. The number of halogens is 1. The molecule has 2 unspecified atom stereocenters. The number of rotatable bonds is 2. The molecule has 2 rings (SSSR count). The summed E-state index contributed by atoms with van der Waals surface area (Å²) in [6.45, 7) is 0.793. The molecule has 1 aromatic rings. The highest BCUT2D eigenvalue weighted by Gasteiger charge is 2.30. The Morgan fingerprint density at radius 2 is 2.47 bits per heavy atom. The summed E-state index contributed by atoms with van der Waals surface area (Å²) in [5.41, 5.74) is 5.88. The third kappa shape index (κ3) is 2.64. The number of amides is 1. The zero-order valence-electron chi connectivity index (χ0n) is 7.90. The molecular formula is C9H11IN4O. The van der Waals surface area contributed by atoms with Crippen LogP contribution in [0.5, 0.6) is 0 Å². The van der Waals surface area contributed by atoms with Crippen LogP contribution in [0.2, 0.25) is 0 Å². The Morgan fingerprint density at radius 1 is 1.60 bits per heavy atom. The van der Waals surface area contributed by atoms with Crippen molar-refractivity contribution in [3.63, 3.8) is 0 Å². The van der Waals surface area contributed by atoms with E-state index in [0.29, 0.717) is 5.82 Å². The number of carbonyl (C=O) groups excluding carboxylic acids is 1. The van der Waals surface area contributed by atoms with Crippen molar-refractivity contribution in [1.29, 1.82) is 0 Å². The molecular weight excluding hydrogens is 307 g/mol. The predicted molar refractivity (Wildman–Crippen MR) is 65.6 cm³/mol. The Morgan fingerprint density at radius 3 is 3.07 bits per heavy atom. The second-order valence-electron chi connectivity index (χ2n) is 3.22. The number of nitrogens with zero attached hydrogens (tertiary/aromatic N) is 1. The van der Waals surface area contributed by atoms with E-state index in [1.165, 1.54) is 0 Å². The smallest absolute Gasteiger partial charge is 0.245 e. The number of nitrogens with one attached hydrogen (secondary N) is 3. The summed E-state index contributed by atoms with van der Waals surface area (Å²) in [4.78, 5) is 15.8. The van der Waals surface area contributed by atoms with Crippen molar-refractivity contribution in [3.8, 4) is 0 Å². The molecule has 1 saturated heterocycles. The van der Waals surface area contributed by atoms with Gasteiger partial charge in [-0.1, -0.05) is 28.7 Å². The topological polar surface area (TPSA) is 66.0 Å². The predicted octanol–water partition coefficient (Wildman–Crippen LogP) is 0.300. The first-order valence-electron chi connectivity index (χ1n) is 4.62. The monoisotopic (exact) mass is 318 g/mol. The lowest BCUT2D eigenvalue weighted by Gasteiger charge is -2.12. The molecule has 0 spiro atoms. The Kier molecular flexibility index (Phi) is 3.49. The third-order valence-electron chi connectivity index (χ3n) is 2.11. The van der Waals surface area contributed by atoms with Crippen LogP contribution in [0.15, 0.2) is 24.4 Å². The number of hydrogen-bond donors (Lipinski definition) is 3. The van der Waals surface area contributed by atoms with E-state index in [1.807, 2.05) is 12.1 Å². The van der Waals surface area contributed by atoms with Crippen LogP contribution in [0, 0.1) is 0 Å². The quantitative estimate of drug-likeness (QED) is 0.542. The lowest BCUT2D eigenvalue weighted by atomic mass is 10.2. The van der Waals surface area contributed by atoms with Gasteiger partial charge in [-0.25, -0.2) is 10.4 Å². The molecule has 0 aliphatic carbocycles. The Bertz CT molecular complexity index is 345. The van der Waals surface area contributed by atoms with Crippen molar-refractivity contribution < 1.29 is 4.79 Å². The number of aromatic nitrogens is 1. The molecule has 2 heterocycles. The minimum absolute atomic E-state index is 0.0573. The van der Waals surface area contributed by atoms with E-state index in [2.05, 4.69) is 43.7 Å². The molecule has 1 aliphatic rings. The molecule has 0 radical (unpaired) electrons. The number of hydrogen-bond acceptors (Lipinski definition) is 4. The second-order valence-corrected chi connectivity index (χ2v) is 4.82. The number of pyridine rings is 1. The van der Waals surface area contributed by atoms with Crippen molar-refractivity contribution in [2.45, 2.75) is 9.97 Å². The van der Waals surface area contributed by atoms with Gasteiger partial charge in [0, 0.05) is 12.7 Å². The van der Waals surface area contributed by atoms with Gasteiger partial charge in [-0.15, -0.1) is 0 Å². The van der Waals surface area contributed by atoms with Crippen LogP contribution in [0.4, 0.5) is 5.82 Å². The van der Waals surface area contributed by atoms with Gasteiger partial charge in [0.1, 0.15) is 11.9 Å². The van der Waals surface area contributed by atoms with Gasteiger partial charge in [0.2, 0.25) is 5.91 Å². The van der Waals surface area contributed by atoms with E-state index in [1.54, 1.807) is 12.3 Å². The van der Waals surface area contributed by atoms with E-state index >= 15 is 0 Å². The molecule has 0 aromatic carbocycles. The molecule has 0 saturated carbocycles. The van der Waals surface area contributed by atoms with Crippen LogP contribution in [-0.2, 0) is 4.79 Å². The molecule has 5 nitrogen and oxygen atoms in total. The fourth-order valence-corrected chi connectivity index (χ4v) is 2.07. The van der Waals surface area contributed by atoms with E-state index in [-0.39, 0.29) is 15.9 Å². The maximum absolute atomic E-state index is 11.8. The molecule has 1 aliphatic heterocycles. The van der Waals surface area contributed by atoms with Gasteiger partial charge in [0.25, 0.3) is 0 Å². The molecule has 0 bridgehead atoms. The van der Waals surface area contributed by atoms with E-state index in [0.717, 1.165) is 6.54 Å². The standard InChI is InChI=1S/C9H11IN4O/c10-6-5-12-14-8(6)9(15)13-7-3-1-2-4-11-7/h1-4,6,8,12,14H,5H2,(H,11,13,15). The van der Waals surface area contributed by atoms with E-state index < -0.39 is 0 Å². The van der Waals surface area contributed by atoms with Crippen LogP contribution in [0.3, 0.4) is 0 Å². The minimum atomic E-state index is -0.201. The average Bonchev–Trinajstić information content (AvgIpc) is 2.66. The molecule has 1 amide bonds. The lowest BCUT2D eigenvalue weighted by Crippen LogP contribution is -2.42. The molecule has 15 heavy (non-hydrogen) atoms. The zero-order chi connectivity index (χ0) is 10.7. The summed E-state index contributed by atoms with van der Waals surface area (Å²) < 4.78 is 0.256. The van der Waals surface area contributed by atoms with Crippen molar-refractivity contribution in [2.24, 2.45) is 0 Å². The van der Waals surface area contributed by atoms with Gasteiger partial charge in [0.15, 0.2) is 0 Å². The van der Waals surface area contributed by atoms with Crippen molar-refractivity contribution in [1.82, 2.24) is 15.8 Å². The number of hydrazine groups is 1. The van der Waals surface area contributed by atoms with Gasteiger partial charge in [-0.3, -0.25) is 10.2 Å². The number of carbonyl (C=O) groups is 1. The maximum atomic E-state index is 11.8. The average molecular weight is 318 g/mol. The van der Waals surface area contributed by atoms with E-state index in [4.69, 9.17) is 0 Å². The van der Waals surface area contributed by atoms with Crippen molar-refractivity contribution >= 4 is 34.3 Å². The lowest BCUT2D eigenvalue weighted by molar-refractivity contribution is -0.117. The Labute approximate surface area is 101 Å². The first kappa shape index (κ1) is 10.8. The molecule has 1 fully saturated rings. The largest absolute Gasteiger partial charge is 0.309 e. The number of alkyl halides is 1. The zero-order valence-corrected chi connectivity index (χ0v) is 10.1. The van der Waals surface area contributed by atoms with Gasteiger partial charge < -0.3 is 5.32 Å². The molecule has 1 aromatic heterocycles. The fourth-order valence-electron chi connectivity index (χ4n) is 1.35. The van der Waals surface area contributed by atoms with Crippen LogP contribution >= 0.6 is 22.6 Å². The molecule has 80 valence electrons. The summed E-state index contributed by atoms with van der Waals surface area (Å²) in [7, 11) is 0. The third-order valence-corrected chi connectivity index (χ3v) is 3.27. The summed E-state index contributed by atoms with van der Waals surface area (Å²) in [6, 6.07) is 5.21. The molecule has 6 heteroatoms. The second kappa shape index (κ2) is 4.86. The van der Waals surface area contributed by atoms with Crippen LogP contribution in [0.25, 0.3) is 0 Å². The normalized spacial score (nSPS) is 25.1. The first-order valence-corrected chi connectivity index (χ1v) is 5.86. The first-order chi connectivity index (χ1) is 7.27. The van der Waals surface area contributed by atoms with Gasteiger partial charge >= 0.3 is 0 Å². The summed E-state index contributed by atoms with van der Waals surface area (Å²) in [6.07, 6.45) is 1.65. The van der Waals surface area contributed by atoms with E-state index in [9.17, 15) is 4.79 Å². The SMILES string of the molecule is O=C(Nc1ccccn1)C1NNCC1I. The molecule has 2 atom stereocenters. The van der Waals surface area contributed by atoms with Crippen molar-refractivity contribution in [2.75, 3.05) is 11.9 Å². The maximum Gasteiger partial charge on any atom is 0.245 e.